The summed E-state index contributed by atoms with van der Waals surface area (Å²) in [6, 6.07) is 0. The van der Waals surface area contributed by atoms with E-state index in [-0.39, 0.29) is 5.92 Å². The fourth-order valence-corrected chi connectivity index (χ4v) is 1.69. The minimum Gasteiger partial charge on any atom is -0.356 e. The van der Waals surface area contributed by atoms with E-state index in [1.807, 2.05) is 25.9 Å². The minimum atomic E-state index is 0.275. The van der Waals surface area contributed by atoms with Crippen molar-refractivity contribution in [3.8, 4) is 0 Å². The van der Waals surface area contributed by atoms with Gasteiger partial charge in [-0.2, -0.15) is 0 Å². The SMILES string of the molecule is C=C(C)N(C)C=CC(/C=C\CC)C(=NC)C(C)C. The summed E-state index contributed by atoms with van der Waals surface area (Å²) in [4.78, 5) is 6.46. The van der Waals surface area contributed by atoms with Gasteiger partial charge in [0.2, 0.25) is 0 Å². The average Bonchev–Trinajstić information content (AvgIpc) is 2.31. The summed E-state index contributed by atoms with van der Waals surface area (Å²) in [7, 11) is 3.88. The molecule has 0 amide bonds. The summed E-state index contributed by atoms with van der Waals surface area (Å²) in [6.45, 7) is 12.4. The zero-order valence-corrected chi connectivity index (χ0v) is 12.8. The van der Waals surface area contributed by atoms with Crippen LogP contribution in [0.4, 0.5) is 0 Å². The quantitative estimate of drug-likeness (QED) is 0.485. The van der Waals surface area contributed by atoms with Gasteiger partial charge in [-0.05, 0) is 19.3 Å². The third-order valence-electron chi connectivity index (χ3n) is 2.89. The molecule has 0 spiro atoms. The van der Waals surface area contributed by atoms with Gasteiger partial charge in [-0.3, -0.25) is 4.99 Å². The number of aliphatic imine (C=N–C) groups is 1. The van der Waals surface area contributed by atoms with Crippen LogP contribution >= 0.6 is 0 Å². The van der Waals surface area contributed by atoms with Crippen molar-refractivity contribution in [2.24, 2.45) is 16.8 Å². The lowest BCUT2D eigenvalue weighted by atomic mass is 9.93. The number of nitrogens with zero attached hydrogens (tertiary/aromatic N) is 2. The average molecular weight is 248 g/mol. The van der Waals surface area contributed by atoms with Gasteiger partial charge in [0.25, 0.3) is 0 Å². The minimum absolute atomic E-state index is 0.275. The van der Waals surface area contributed by atoms with Crippen LogP contribution in [-0.2, 0) is 0 Å². The second-order valence-electron chi connectivity index (χ2n) is 4.85. The van der Waals surface area contributed by atoms with Crippen LogP contribution in [-0.4, -0.2) is 24.7 Å². The first-order chi connectivity index (χ1) is 8.43. The molecule has 0 N–H and O–H groups in total. The van der Waals surface area contributed by atoms with E-state index in [0.717, 1.165) is 12.1 Å². The van der Waals surface area contributed by atoms with E-state index >= 15 is 0 Å². The Kier molecular flexibility index (Phi) is 8.10. The zero-order chi connectivity index (χ0) is 14.1. The van der Waals surface area contributed by atoms with Crippen LogP contribution in [0, 0.1) is 11.8 Å². The highest BCUT2D eigenvalue weighted by atomic mass is 15.1. The maximum Gasteiger partial charge on any atom is 0.0348 e. The van der Waals surface area contributed by atoms with E-state index in [2.05, 4.69) is 56.8 Å². The van der Waals surface area contributed by atoms with Crippen molar-refractivity contribution in [1.29, 1.82) is 0 Å². The Morgan fingerprint density at radius 1 is 1.33 bits per heavy atom. The zero-order valence-electron chi connectivity index (χ0n) is 12.8. The first-order valence-corrected chi connectivity index (χ1v) is 6.63. The van der Waals surface area contributed by atoms with Crippen LogP contribution in [0.1, 0.15) is 34.1 Å². The predicted molar refractivity (Wildman–Crippen MR) is 82.8 cm³/mol. The fraction of sp³-hybridized carbons (Fsp3) is 0.562. The summed E-state index contributed by atoms with van der Waals surface area (Å²) in [5.74, 6) is 0.734. The van der Waals surface area contributed by atoms with Gasteiger partial charge in [0, 0.05) is 37.6 Å². The molecule has 2 nitrogen and oxygen atoms in total. The van der Waals surface area contributed by atoms with E-state index in [1.54, 1.807) is 0 Å². The van der Waals surface area contributed by atoms with Crippen molar-refractivity contribution >= 4 is 5.71 Å². The topological polar surface area (TPSA) is 15.6 Å². The van der Waals surface area contributed by atoms with Crippen molar-refractivity contribution in [3.05, 3.63) is 36.7 Å². The molecule has 18 heavy (non-hydrogen) atoms. The Balaban J connectivity index is 5.01. The van der Waals surface area contributed by atoms with Gasteiger partial charge in [-0.1, -0.05) is 45.6 Å². The molecule has 2 heteroatoms. The Labute approximate surface area is 113 Å². The molecule has 0 bridgehead atoms. The van der Waals surface area contributed by atoms with E-state index in [0.29, 0.717) is 5.92 Å². The highest BCUT2D eigenvalue weighted by molar-refractivity contribution is 5.91. The van der Waals surface area contributed by atoms with Gasteiger partial charge in [-0.25, -0.2) is 0 Å². The summed E-state index contributed by atoms with van der Waals surface area (Å²) in [5, 5.41) is 0. The molecule has 0 aromatic carbocycles. The van der Waals surface area contributed by atoms with Crippen molar-refractivity contribution in [1.82, 2.24) is 4.90 Å². The van der Waals surface area contributed by atoms with Gasteiger partial charge in [0.15, 0.2) is 0 Å². The summed E-state index contributed by atoms with van der Waals surface area (Å²) < 4.78 is 0. The van der Waals surface area contributed by atoms with Gasteiger partial charge in [-0.15, -0.1) is 0 Å². The molecular formula is C16H28N2. The van der Waals surface area contributed by atoms with Gasteiger partial charge in [0.1, 0.15) is 0 Å². The molecular weight excluding hydrogens is 220 g/mol. The predicted octanol–water partition coefficient (Wildman–Crippen LogP) is 4.27. The normalized spacial score (nSPS) is 14.7. The largest absolute Gasteiger partial charge is 0.356 e. The lowest BCUT2D eigenvalue weighted by Gasteiger charge is -2.18. The third kappa shape index (κ3) is 5.85. The van der Waals surface area contributed by atoms with Gasteiger partial charge < -0.3 is 4.90 Å². The van der Waals surface area contributed by atoms with Crippen LogP contribution in [0.25, 0.3) is 0 Å². The third-order valence-corrected chi connectivity index (χ3v) is 2.89. The monoisotopic (exact) mass is 248 g/mol. The van der Waals surface area contributed by atoms with Gasteiger partial charge in [0.05, 0.1) is 0 Å². The molecule has 0 saturated carbocycles. The molecule has 1 atom stereocenters. The molecule has 0 aromatic rings. The second-order valence-corrected chi connectivity index (χ2v) is 4.85. The standard InChI is InChI=1S/C16H28N2/c1-8-9-10-15(16(17-6)13(2)3)11-12-18(7)14(4)5/h9-13,15H,4,8H2,1-3,5-7H3/b10-9-,12-11?,17-16?. The smallest absolute Gasteiger partial charge is 0.0348 e. The Bertz CT molecular complexity index is 335. The summed E-state index contributed by atoms with van der Waals surface area (Å²) >= 11 is 0. The molecule has 0 rings (SSSR count). The van der Waals surface area contributed by atoms with E-state index in [9.17, 15) is 0 Å². The van der Waals surface area contributed by atoms with Crippen LogP contribution in [0.3, 0.4) is 0 Å². The number of allylic oxidation sites excluding steroid dienone is 4. The Morgan fingerprint density at radius 2 is 1.94 bits per heavy atom. The van der Waals surface area contributed by atoms with Crippen molar-refractivity contribution in [3.63, 3.8) is 0 Å². The molecule has 0 aliphatic heterocycles. The second kappa shape index (κ2) is 8.73. The Morgan fingerprint density at radius 3 is 2.33 bits per heavy atom. The first kappa shape index (κ1) is 16.7. The van der Waals surface area contributed by atoms with Crippen molar-refractivity contribution in [2.45, 2.75) is 34.1 Å². The molecule has 1 unspecified atom stereocenters. The van der Waals surface area contributed by atoms with E-state index in [1.165, 1.54) is 5.71 Å². The molecule has 102 valence electrons. The molecule has 0 heterocycles. The molecule has 0 aliphatic rings. The summed E-state index contributed by atoms with van der Waals surface area (Å²) in [6.07, 6.45) is 9.73. The summed E-state index contributed by atoms with van der Waals surface area (Å²) in [5.41, 5.74) is 2.25. The van der Waals surface area contributed by atoms with E-state index < -0.39 is 0 Å². The van der Waals surface area contributed by atoms with Crippen LogP contribution in [0.5, 0.6) is 0 Å². The van der Waals surface area contributed by atoms with Crippen molar-refractivity contribution < 1.29 is 0 Å². The fourth-order valence-electron chi connectivity index (χ4n) is 1.69. The van der Waals surface area contributed by atoms with Crippen molar-refractivity contribution in [2.75, 3.05) is 14.1 Å². The molecule has 0 aromatic heterocycles. The number of hydrogen-bond acceptors (Lipinski definition) is 2. The van der Waals surface area contributed by atoms with Gasteiger partial charge >= 0.3 is 0 Å². The van der Waals surface area contributed by atoms with Crippen LogP contribution in [0.2, 0.25) is 0 Å². The molecule has 0 aliphatic carbocycles. The first-order valence-electron chi connectivity index (χ1n) is 6.63. The maximum absolute atomic E-state index is 4.44. The van der Waals surface area contributed by atoms with Crippen LogP contribution in [0.15, 0.2) is 41.7 Å². The lowest BCUT2D eigenvalue weighted by molar-refractivity contribution is 0.569. The Hall–Kier alpha value is -1.31. The van der Waals surface area contributed by atoms with E-state index in [4.69, 9.17) is 0 Å². The lowest BCUT2D eigenvalue weighted by Crippen LogP contribution is -2.18. The van der Waals surface area contributed by atoms with Crippen LogP contribution < -0.4 is 0 Å². The number of hydrogen-bond donors (Lipinski definition) is 0. The highest BCUT2D eigenvalue weighted by Crippen LogP contribution is 2.14. The molecule has 0 fully saturated rings. The number of rotatable bonds is 7. The highest BCUT2D eigenvalue weighted by Gasteiger charge is 2.12. The molecule has 0 radical (unpaired) electrons. The maximum atomic E-state index is 4.44. The molecule has 0 saturated heterocycles.